The highest BCUT2D eigenvalue weighted by Gasteiger charge is 2.17. The van der Waals surface area contributed by atoms with Gasteiger partial charge in [0.05, 0.1) is 11.1 Å². The van der Waals surface area contributed by atoms with Crippen LogP contribution < -0.4 is 5.32 Å². The largest absolute Gasteiger partial charge is 0.299 e. The van der Waals surface area contributed by atoms with Crippen LogP contribution in [0.15, 0.2) is 11.4 Å². The van der Waals surface area contributed by atoms with Gasteiger partial charge in [-0.25, -0.2) is 0 Å². The van der Waals surface area contributed by atoms with Crippen molar-refractivity contribution in [3.8, 4) is 0 Å². The molecular formula is C6H8N2S2. The van der Waals surface area contributed by atoms with Crippen LogP contribution in [-0.2, 0) is 0 Å². The van der Waals surface area contributed by atoms with Gasteiger partial charge < -0.3 is 0 Å². The number of nitrogens with zero attached hydrogens (tertiary/aromatic N) is 1. The SMILES string of the molecule is c1cc(C2NCCS2)ns1. The number of nitrogens with one attached hydrogen (secondary N) is 1. The summed E-state index contributed by atoms with van der Waals surface area (Å²) in [5.74, 6) is 1.21. The van der Waals surface area contributed by atoms with Crippen molar-refractivity contribution in [1.29, 1.82) is 0 Å². The van der Waals surface area contributed by atoms with Crippen LogP contribution in [0.5, 0.6) is 0 Å². The van der Waals surface area contributed by atoms with Crippen LogP contribution >= 0.6 is 23.3 Å². The monoisotopic (exact) mass is 172 g/mol. The Hall–Kier alpha value is -0.0600. The minimum Gasteiger partial charge on any atom is -0.299 e. The predicted molar refractivity (Wildman–Crippen MR) is 45.3 cm³/mol. The minimum absolute atomic E-state index is 0.464. The Labute approximate surface area is 68.2 Å². The van der Waals surface area contributed by atoms with Crippen molar-refractivity contribution in [2.24, 2.45) is 0 Å². The molecule has 1 N–H and O–H groups in total. The summed E-state index contributed by atoms with van der Waals surface area (Å²) >= 11 is 3.46. The molecule has 0 radical (unpaired) electrons. The third-order valence-corrected chi connectivity index (χ3v) is 3.20. The van der Waals surface area contributed by atoms with Gasteiger partial charge in [-0.3, -0.25) is 5.32 Å². The standard InChI is InChI=1S/C6H8N2S2/c1-3-10-8-5(1)6-7-2-4-9-6/h1,3,6-7H,2,4H2. The van der Waals surface area contributed by atoms with Crippen LogP contribution in [-0.4, -0.2) is 16.7 Å². The van der Waals surface area contributed by atoms with Crippen LogP contribution in [0, 0.1) is 0 Å². The van der Waals surface area contributed by atoms with E-state index in [0.717, 1.165) is 6.54 Å². The third-order valence-electron chi connectivity index (χ3n) is 1.44. The molecule has 54 valence electrons. The number of rotatable bonds is 1. The fourth-order valence-corrected chi connectivity index (χ4v) is 2.60. The normalized spacial score (nSPS) is 25.4. The van der Waals surface area contributed by atoms with Crippen LogP contribution in [0.2, 0.25) is 0 Å². The third kappa shape index (κ3) is 1.19. The Bertz CT molecular complexity index is 192. The van der Waals surface area contributed by atoms with E-state index in [1.54, 1.807) is 0 Å². The van der Waals surface area contributed by atoms with Gasteiger partial charge in [-0.15, -0.1) is 11.8 Å². The van der Waals surface area contributed by atoms with Gasteiger partial charge in [-0.1, -0.05) is 0 Å². The van der Waals surface area contributed by atoms with Gasteiger partial charge in [0.25, 0.3) is 0 Å². The molecule has 0 aliphatic carbocycles. The molecule has 1 aliphatic heterocycles. The summed E-state index contributed by atoms with van der Waals surface area (Å²) in [4.78, 5) is 0. The molecule has 2 rings (SSSR count). The molecule has 4 heteroatoms. The molecule has 10 heavy (non-hydrogen) atoms. The molecule has 1 fully saturated rings. The molecule has 1 aliphatic rings. The van der Waals surface area contributed by atoms with Crippen molar-refractivity contribution in [2.75, 3.05) is 12.3 Å². The minimum atomic E-state index is 0.464. The second-order valence-corrected chi connectivity index (χ2v) is 4.01. The lowest BCUT2D eigenvalue weighted by molar-refractivity contribution is 0.740. The fourth-order valence-electron chi connectivity index (χ4n) is 0.973. The van der Waals surface area contributed by atoms with Gasteiger partial charge in [-0.05, 0) is 17.6 Å². The molecule has 1 saturated heterocycles. The maximum atomic E-state index is 4.26. The van der Waals surface area contributed by atoms with Gasteiger partial charge >= 0.3 is 0 Å². The maximum absolute atomic E-state index is 4.26. The molecule has 2 nitrogen and oxygen atoms in total. The average molecular weight is 172 g/mol. The average Bonchev–Trinajstić information content (AvgIpc) is 2.59. The molecule has 0 amide bonds. The van der Waals surface area contributed by atoms with Crippen LogP contribution in [0.1, 0.15) is 11.1 Å². The second kappa shape index (κ2) is 2.90. The summed E-state index contributed by atoms with van der Waals surface area (Å²) in [7, 11) is 0. The molecule has 1 unspecified atom stereocenters. The fraction of sp³-hybridized carbons (Fsp3) is 0.500. The summed E-state index contributed by atoms with van der Waals surface area (Å²) in [6.07, 6.45) is 0. The lowest BCUT2D eigenvalue weighted by atomic mass is 10.4. The highest BCUT2D eigenvalue weighted by Crippen LogP contribution is 2.28. The first-order valence-corrected chi connectivity index (χ1v) is 5.10. The van der Waals surface area contributed by atoms with E-state index in [1.807, 2.05) is 17.1 Å². The van der Waals surface area contributed by atoms with Crippen molar-refractivity contribution >= 4 is 23.3 Å². The zero-order valence-corrected chi connectivity index (χ0v) is 7.04. The summed E-state index contributed by atoms with van der Waals surface area (Å²) in [5.41, 5.74) is 1.19. The highest BCUT2D eigenvalue weighted by molar-refractivity contribution is 7.99. The Morgan fingerprint density at radius 3 is 3.30 bits per heavy atom. The molecule has 1 atom stereocenters. The van der Waals surface area contributed by atoms with Crippen LogP contribution in [0.3, 0.4) is 0 Å². The number of thioether (sulfide) groups is 1. The lowest BCUT2D eigenvalue weighted by Gasteiger charge is -2.02. The second-order valence-electron chi connectivity index (χ2n) is 2.13. The van der Waals surface area contributed by atoms with E-state index in [0.29, 0.717) is 5.37 Å². The summed E-state index contributed by atoms with van der Waals surface area (Å²) in [6.45, 7) is 1.12. The van der Waals surface area contributed by atoms with Crippen molar-refractivity contribution in [2.45, 2.75) is 5.37 Å². The molecule has 0 saturated carbocycles. The van der Waals surface area contributed by atoms with E-state index in [9.17, 15) is 0 Å². The molecule has 1 aromatic heterocycles. The van der Waals surface area contributed by atoms with Gasteiger partial charge in [-0.2, -0.15) is 4.37 Å². The van der Waals surface area contributed by atoms with Gasteiger partial charge in [0.2, 0.25) is 0 Å². The first-order chi connectivity index (χ1) is 4.97. The van der Waals surface area contributed by atoms with Crippen molar-refractivity contribution in [3.63, 3.8) is 0 Å². The van der Waals surface area contributed by atoms with E-state index in [1.165, 1.54) is 23.0 Å². The zero-order chi connectivity index (χ0) is 6.81. The van der Waals surface area contributed by atoms with Crippen LogP contribution in [0.25, 0.3) is 0 Å². The highest BCUT2D eigenvalue weighted by atomic mass is 32.2. The molecule has 0 aromatic carbocycles. The first kappa shape index (κ1) is 6.64. The van der Waals surface area contributed by atoms with Crippen molar-refractivity contribution < 1.29 is 0 Å². The smallest absolute Gasteiger partial charge is 0.0973 e. The summed E-state index contributed by atoms with van der Waals surface area (Å²) in [6, 6.07) is 2.08. The van der Waals surface area contributed by atoms with Crippen LogP contribution in [0.4, 0.5) is 0 Å². The molecule has 2 heterocycles. The number of hydrogen-bond acceptors (Lipinski definition) is 4. The van der Waals surface area contributed by atoms with E-state index >= 15 is 0 Å². The Morgan fingerprint density at radius 1 is 1.70 bits per heavy atom. The molecule has 0 spiro atoms. The Kier molecular flexibility index (Phi) is 1.93. The quantitative estimate of drug-likeness (QED) is 0.694. The van der Waals surface area contributed by atoms with Gasteiger partial charge in [0, 0.05) is 17.7 Å². The molecule has 1 aromatic rings. The summed E-state index contributed by atoms with van der Waals surface area (Å²) in [5, 5.41) is 5.85. The molecule has 0 bridgehead atoms. The number of hydrogen-bond donors (Lipinski definition) is 1. The molecular weight excluding hydrogens is 164 g/mol. The van der Waals surface area contributed by atoms with E-state index in [2.05, 4.69) is 15.8 Å². The Balaban J connectivity index is 2.12. The van der Waals surface area contributed by atoms with E-state index < -0.39 is 0 Å². The van der Waals surface area contributed by atoms with E-state index in [4.69, 9.17) is 0 Å². The topological polar surface area (TPSA) is 24.9 Å². The predicted octanol–water partition coefficient (Wildman–Crippen LogP) is 1.48. The first-order valence-electron chi connectivity index (χ1n) is 3.22. The van der Waals surface area contributed by atoms with Crippen molar-refractivity contribution in [1.82, 2.24) is 9.69 Å². The van der Waals surface area contributed by atoms with Gasteiger partial charge in [0.1, 0.15) is 0 Å². The summed E-state index contributed by atoms with van der Waals surface area (Å²) < 4.78 is 4.26. The Morgan fingerprint density at radius 2 is 2.70 bits per heavy atom. The number of aromatic nitrogens is 1. The maximum Gasteiger partial charge on any atom is 0.0973 e. The lowest BCUT2D eigenvalue weighted by Crippen LogP contribution is -2.11. The zero-order valence-electron chi connectivity index (χ0n) is 5.41. The van der Waals surface area contributed by atoms with Crippen molar-refractivity contribution in [3.05, 3.63) is 17.1 Å². The van der Waals surface area contributed by atoms with Gasteiger partial charge in [0.15, 0.2) is 0 Å². The van der Waals surface area contributed by atoms with E-state index in [-0.39, 0.29) is 0 Å².